The average molecular weight is 126 g/mol. The zero-order valence-corrected chi connectivity index (χ0v) is 4.82. The van der Waals surface area contributed by atoms with Gasteiger partial charge in [-0.1, -0.05) is 6.08 Å². The minimum absolute atomic E-state index is 0.272. The summed E-state index contributed by atoms with van der Waals surface area (Å²) in [5, 5.41) is 17.1. The largest absolute Gasteiger partial charge is 0.497 e. The van der Waals surface area contributed by atoms with Gasteiger partial charge in [0.15, 0.2) is 0 Å². The van der Waals surface area contributed by atoms with Crippen LogP contribution in [0.1, 0.15) is 0 Å². The normalized spacial score (nSPS) is 16.4. The molecule has 1 heterocycles. The van der Waals surface area contributed by atoms with E-state index in [9.17, 15) is 0 Å². The molecule has 0 amide bonds. The van der Waals surface area contributed by atoms with E-state index in [0.717, 1.165) is 0 Å². The van der Waals surface area contributed by atoms with Gasteiger partial charge in [0.25, 0.3) is 0 Å². The lowest BCUT2D eigenvalue weighted by atomic mass is 9.79. The number of hydrogen-bond acceptors (Lipinski definition) is 3. The predicted octanol–water partition coefficient (Wildman–Crippen LogP) is -0.531. The van der Waals surface area contributed by atoms with Crippen LogP contribution in [0, 0.1) is 0 Å². The van der Waals surface area contributed by atoms with Gasteiger partial charge in [-0.25, -0.2) is 0 Å². The molecule has 1 aliphatic heterocycles. The van der Waals surface area contributed by atoms with Gasteiger partial charge in [-0.2, -0.15) is 0 Å². The fourth-order valence-corrected chi connectivity index (χ4v) is 0.571. The van der Waals surface area contributed by atoms with E-state index in [1.54, 1.807) is 12.2 Å². The fraction of sp³-hybridized carbons (Fsp3) is 0.200. The second-order valence-electron chi connectivity index (χ2n) is 1.75. The van der Waals surface area contributed by atoms with E-state index in [-0.39, 0.29) is 6.61 Å². The molecule has 9 heavy (non-hydrogen) atoms. The van der Waals surface area contributed by atoms with E-state index in [1.807, 2.05) is 0 Å². The zero-order valence-electron chi connectivity index (χ0n) is 4.82. The molecule has 0 saturated carbocycles. The summed E-state index contributed by atoms with van der Waals surface area (Å²) in [6.07, 6.45) is 4.75. The molecular weight excluding hydrogens is 119 g/mol. The third-order valence-corrected chi connectivity index (χ3v) is 1.07. The SMILES string of the molecule is OB(O)C1=CC=COC1. The Morgan fingerprint density at radius 1 is 1.56 bits per heavy atom. The van der Waals surface area contributed by atoms with Crippen molar-refractivity contribution in [2.24, 2.45) is 0 Å². The highest BCUT2D eigenvalue weighted by Crippen LogP contribution is 2.02. The smallest absolute Gasteiger partial charge is 0.487 e. The standard InChI is InChI=1S/C5H7BO3/c7-6(8)5-2-1-3-9-4-5/h1-3,7-8H,4H2. The number of allylic oxidation sites excluding steroid dienone is 2. The molecule has 2 N–H and O–H groups in total. The number of hydrogen-bond donors (Lipinski definition) is 2. The first-order chi connectivity index (χ1) is 4.30. The molecule has 1 rings (SSSR count). The van der Waals surface area contributed by atoms with E-state index in [1.165, 1.54) is 6.26 Å². The Bertz CT molecular complexity index is 150. The Balaban J connectivity index is 2.57. The van der Waals surface area contributed by atoms with Crippen molar-refractivity contribution in [1.82, 2.24) is 0 Å². The summed E-state index contributed by atoms with van der Waals surface area (Å²) < 4.78 is 4.77. The van der Waals surface area contributed by atoms with Crippen molar-refractivity contribution in [2.75, 3.05) is 6.61 Å². The third kappa shape index (κ3) is 1.59. The van der Waals surface area contributed by atoms with Crippen LogP contribution in [0.15, 0.2) is 23.9 Å². The molecule has 0 aromatic heterocycles. The maximum atomic E-state index is 8.55. The van der Waals surface area contributed by atoms with Gasteiger partial charge < -0.3 is 14.8 Å². The Kier molecular flexibility index (Phi) is 1.92. The highest BCUT2D eigenvalue weighted by atomic mass is 16.5. The van der Waals surface area contributed by atoms with Gasteiger partial charge in [0.1, 0.15) is 6.61 Å². The summed E-state index contributed by atoms with van der Waals surface area (Å²) in [4.78, 5) is 0. The number of rotatable bonds is 1. The van der Waals surface area contributed by atoms with Crippen LogP contribution in [0.5, 0.6) is 0 Å². The molecule has 0 radical (unpaired) electrons. The second-order valence-corrected chi connectivity index (χ2v) is 1.75. The summed E-state index contributed by atoms with van der Waals surface area (Å²) in [5.41, 5.74) is 0.484. The van der Waals surface area contributed by atoms with Crippen LogP contribution in [0.25, 0.3) is 0 Å². The van der Waals surface area contributed by atoms with Crippen molar-refractivity contribution in [3.8, 4) is 0 Å². The van der Waals surface area contributed by atoms with Gasteiger partial charge in [0.2, 0.25) is 0 Å². The molecular formula is C5H7BO3. The predicted molar refractivity (Wildman–Crippen MR) is 33.4 cm³/mol. The van der Waals surface area contributed by atoms with E-state index in [4.69, 9.17) is 14.8 Å². The van der Waals surface area contributed by atoms with E-state index in [0.29, 0.717) is 5.47 Å². The Hall–Kier alpha value is -0.735. The molecule has 0 bridgehead atoms. The highest BCUT2D eigenvalue weighted by Gasteiger charge is 2.14. The van der Waals surface area contributed by atoms with Crippen molar-refractivity contribution in [3.05, 3.63) is 23.9 Å². The molecule has 0 aromatic carbocycles. The minimum atomic E-state index is -1.38. The lowest BCUT2D eigenvalue weighted by Gasteiger charge is -2.07. The van der Waals surface area contributed by atoms with E-state index < -0.39 is 7.12 Å². The summed E-state index contributed by atoms with van der Waals surface area (Å²) in [6.45, 7) is 0.272. The van der Waals surface area contributed by atoms with Crippen LogP contribution in [0.3, 0.4) is 0 Å². The molecule has 0 aliphatic carbocycles. The molecule has 0 fully saturated rings. The molecule has 0 saturated heterocycles. The van der Waals surface area contributed by atoms with Crippen molar-refractivity contribution in [1.29, 1.82) is 0 Å². The summed E-state index contributed by atoms with van der Waals surface area (Å²) in [6, 6.07) is 0. The van der Waals surface area contributed by atoms with Gasteiger partial charge >= 0.3 is 7.12 Å². The Morgan fingerprint density at radius 2 is 2.33 bits per heavy atom. The highest BCUT2D eigenvalue weighted by molar-refractivity contribution is 6.50. The van der Waals surface area contributed by atoms with E-state index in [2.05, 4.69) is 0 Å². The summed E-state index contributed by atoms with van der Waals surface area (Å²) >= 11 is 0. The van der Waals surface area contributed by atoms with Crippen LogP contribution in [-0.2, 0) is 4.74 Å². The van der Waals surface area contributed by atoms with Crippen LogP contribution in [0.2, 0.25) is 0 Å². The van der Waals surface area contributed by atoms with Crippen molar-refractivity contribution in [3.63, 3.8) is 0 Å². The van der Waals surface area contributed by atoms with Crippen molar-refractivity contribution in [2.45, 2.75) is 0 Å². The number of ether oxygens (including phenoxy) is 1. The lowest BCUT2D eigenvalue weighted by molar-refractivity contribution is 0.274. The Morgan fingerprint density at radius 3 is 2.67 bits per heavy atom. The lowest BCUT2D eigenvalue weighted by Crippen LogP contribution is -2.19. The van der Waals surface area contributed by atoms with Gasteiger partial charge in [-0.15, -0.1) is 0 Å². The van der Waals surface area contributed by atoms with Crippen LogP contribution >= 0.6 is 0 Å². The van der Waals surface area contributed by atoms with Gasteiger partial charge in [-0.3, -0.25) is 0 Å². The quantitative estimate of drug-likeness (QED) is 0.464. The van der Waals surface area contributed by atoms with Gasteiger partial charge in [0.05, 0.1) is 6.26 Å². The topological polar surface area (TPSA) is 49.7 Å². The van der Waals surface area contributed by atoms with Gasteiger partial charge in [0, 0.05) is 0 Å². The molecule has 0 aromatic rings. The first kappa shape index (κ1) is 6.39. The van der Waals surface area contributed by atoms with Gasteiger partial charge in [-0.05, 0) is 11.5 Å². The van der Waals surface area contributed by atoms with Crippen molar-refractivity contribution >= 4 is 7.12 Å². The zero-order chi connectivity index (χ0) is 6.69. The second kappa shape index (κ2) is 2.71. The molecule has 0 atom stereocenters. The summed E-state index contributed by atoms with van der Waals surface area (Å²) in [5.74, 6) is 0. The first-order valence-corrected chi connectivity index (χ1v) is 2.64. The molecule has 0 unspecified atom stereocenters. The molecule has 48 valence electrons. The minimum Gasteiger partial charge on any atom is -0.497 e. The molecule has 1 aliphatic rings. The third-order valence-electron chi connectivity index (χ3n) is 1.07. The molecule has 3 nitrogen and oxygen atoms in total. The molecule has 4 heteroatoms. The first-order valence-electron chi connectivity index (χ1n) is 2.64. The van der Waals surface area contributed by atoms with Crippen LogP contribution < -0.4 is 0 Å². The average Bonchev–Trinajstić information content (AvgIpc) is 1.90. The van der Waals surface area contributed by atoms with Crippen molar-refractivity contribution < 1.29 is 14.8 Å². The van der Waals surface area contributed by atoms with Crippen LogP contribution in [-0.4, -0.2) is 23.8 Å². The maximum Gasteiger partial charge on any atom is 0.487 e. The van der Waals surface area contributed by atoms with Crippen LogP contribution in [0.4, 0.5) is 0 Å². The Labute approximate surface area is 53.4 Å². The molecule has 0 spiro atoms. The summed E-state index contributed by atoms with van der Waals surface area (Å²) in [7, 11) is -1.38. The monoisotopic (exact) mass is 126 g/mol. The maximum absolute atomic E-state index is 8.55. The fourth-order valence-electron chi connectivity index (χ4n) is 0.571. The van der Waals surface area contributed by atoms with E-state index >= 15 is 0 Å².